The molecule has 1 aliphatic carbocycles. The largest absolute Gasteiger partial charge is 0.354 e. The molecule has 1 saturated carbocycles. The maximum absolute atomic E-state index is 11.6. The molecule has 1 aromatic heterocycles. The molecule has 1 amide bonds. The van der Waals surface area contributed by atoms with Crippen molar-refractivity contribution in [3.63, 3.8) is 0 Å². The molecule has 1 aromatic rings. The summed E-state index contributed by atoms with van der Waals surface area (Å²) in [7, 11) is 3.76. The third kappa shape index (κ3) is 4.03. The lowest BCUT2D eigenvalue weighted by Crippen LogP contribution is -2.43. The van der Waals surface area contributed by atoms with Crippen molar-refractivity contribution in [2.24, 2.45) is 18.0 Å². The molecule has 1 aliphatic heterocycles. The third-order valence-corrected chi connectivity index (χ3v) is 4.55. The lowest BCUT2D eigenvalue weighted by atomic mass is 10.0. The molecule has 2 aliphatic rings. The zero-order chi connectivity index (χ0) is 16.2. The van der Waals surface area contributed by atoms with Crippen LogP contribution in [0.5, 0.6) is 0 Å². The number of amides is 1. The van der Waals surface area contributed by atoms with Crippen LogP contribution in [0.2, 0.25) is 0 Å². The van der Waals surface area contributed by atoms with E-state index in [1.165, 1.54) is 5.56 Å². The molecule has 2 heterocycles. The van der Waals surface area contributed by atoms with Gasteiger partial charge in [-0.15, -0.1) is 0 Å². The molecule has 23 heavy (non-hydrogen) atoms. The monoisotopic (exact) mass is 318 g/mol. The van der Waals surface area contributed by atoms with E-state index in [1.807, 2.05) is 25.0 Å². The fourth-order valence-electron chi connectivity index (χ4n) is 3.06. The summed E-state index contributed by atoms with van der Waals surface area (Å²) in [5.74, 6) is 1.89. The molecule has 0 bridgehead atoms. The number of likely N-dealkylation sites (tertiary alicyclic amines) is 1. The van der Waals surface area contributed by atoms with E-state index in [0.717, 1.165) is 38.3 Å². The van der Waals surface area contributed by atoms with Gasteiger partial charge in [-0.3, -0.25) is 14.5 Å². The van der Waals surface area contributed by atoms with Gasteiger partial charge in [-0.2, -0.15) is 5.10 Å². The van der Waals surface area contributed by atoms with Gasteiger partial charge < -0.3 is 15.5 Å². The Hall–Kier alpha value is -2.05. The van der Waals surface area contributed by atoms with Crippen LogP contribution in [0.15, 0.2) is 17.4 Å². The molecule has 1 atom stereocenters. The number of carbonyl (C=O) groups excluding carboxylic acids is 1. The third-order valence-electron chi connectivity index (χ3n) is 4.55. The van der Waals surface area contributed by atoms with E-state index in [4.69, 9.17) is 0 Å². The van der Waals surface area contributed by atoms with Gasteiger partial charge in [-0.05, 0) is 24.8 Å². The zero-order valence-electron chi connectivity index (χ0n) is 14.0. The summed E-state index contributed by atoms with van der Waals surface area (Å²) < 4.78 is 1.85. The molecule has 7 nitrogen and oxygen atoms in total. The normalized spacial score (nSPS) is 21.6. The highest BCUT2D eigenvalue weighted by Gasteiger charge is 2.29. The molecule has 0 spiro atoms. The predicted octanol–water partition coefficient (Wildman–Crippen LogP) is 0.311. The molecule has 2 fully saturated rings. The first-order valence-corrected chi connectivity index (χ1v) is 8.39. The van der Waals surface area contributed by atoms with E-state index < -0.39 is 0 Å². The zero-order valence-corrected chi connectivity index (χ0v) is 14.0. The Morgan fingerprint density at radius 3 is 2.78 bits per heavy atom. The summed E-state index contributed by atoms with van der Waals surface area (Å²) in [6.45, 7) is 3.31. The van der Waals surface area contributed by atoms with Gasteiger partial charge in [0.05, 0.1) is 6.20 Å². The number of aryl methyl sites for hydroxylation is 1. The Bertz CT molecular complexity index is 577. The minimum atomic E-state index is 0.194. The van der Waals surface area contributed by atoms with Crippen molar-refractivity contribution in [2.45, 2.75) is 25.2 Å². The van der Waals surface area contributed by atoms with Crippen LogP contribution in [0.4, 0.5) is 0 Å². The molecule has 126 valence electrons. The Balaban J connectivity index is 1.42. The molecule has 1 saturated heterocycles. The van der Waals surface area contributed by atoms with Gasteiger partial charge in [-0.25, -0.2) is 0 Å². The fourth-order valence-corrected chi connectivity index (χ4v) is 3.06. The Kier molecular flexibility index (Phi) is 4.83. The number of nitrogens with zero attached hydrogens (tertiary/aromatic N) is 4. The van der Waals surface area contributed by atoms with Crippen LogP contribution in [0.3, 0.4) is 0 Å². The van der Waals surface area contributed by atoms with Crippen LogP contribution >= 0.6 is 0 Å². The molecule has 0 radical (unpaired) electrons. The lowest BCUT2D eigenvalue weighted by molar-refractivity contribution is -0.122. The summed E-state index contributed by atoms with van der Waals surface area (Å²) in [5, 5.41) is 10.6. The maximum atomic E-state index is 11.6. The quantitative estimate of drug-likeness (QED) is 0.465. The highest BCUT2D eigenvalue weighted by Crippen LogP contribution is 2.28. The number of rotatable bonds is 5. The molecule has 1 unspecified atom stereocenters. The molecular weight excluding hydrogens is 292 g/mol. The van der Waals surface area contributed by atoms with Crippen LogP contribution in [0, 0.1) is 5.92 Å². The number of carbonyl (C=O) groups is 1. The highest BCUT2D eigenvalue weighted by atomic mass is 16.2. The van der Waals surface area contributed by atoms with E-state index in [0.29, 0.717) is 19.0 Å². The summed E-state index contributed by atoms with van der Waals surface area (Å²) in [5.41, 5.74) is 1.29. The average molecular weight is 318 g/mol. The number of nitrogens with one attached hydrogen (secondary N) is 2. The van der Waals surface area contributed by atoms with Gasteiger partial charge in [0.25, 0.3) is 0 Å². The summed E-state index contributed by atoms with van der Waals surface area (Å²) >= 11 is 0. The van der Waals surface area contributed by atoms with Gasteiger partial charge >= 0.3 is 0 Å². The molecular formula is C16H26N6O. The van der Waals surface area contributed by atoms with E-state index in [-0.39, 0.29) is 11.8 Å². The van der Waals surface area contributed by atoms with Crippen molar-refractivity contribution in [2.75, 3.05) is 33.2 Å². The van der Waals surface area contributed by atoms with Crippen LogP contribution < -0.4 is 10.6 Å². The molecule has 2 N–H and O–H groups in total. The maximum Gasteiger partial charge on any atom is 0.223 e. The minimum Gasteiger partial charge on any atom is -0.354 e. The summed E-state index contributed by atoms with van der Waals surface area (Å²) in [6, 6.07) is 0. The van der Waals surface area contributed by atoms with Crippen molar-refractivity contribution < 1.29 is 4.79 Å². The van der Waals surface area contributed by atoms with Crippen molar-refractivity contribution in [1.29, 1.82) is 0 Å². The second-order valence-electron chi connectivity index (χ2n) is 6.42. The summed E-state index contributed by atoms with van der Waals surface area (Å²) in [4.78, 5) is 18.2. The first-order chi connectivity index (χ1) is 11.2. The standard InChI is InChI=1S/C16H26N6O/c1-17-16(19-7-6-18-15(23)12-3-4-12)22-8-5-13(11-22)14-9-20-21(2)10-14/h9-10,12-13H,3-8,11H2,1-2H3,(H,17,19)(H,18,23). The number of hydrogen-bond acceptors (Lipinski definition) is 3. The van der Waals surface area contributed by atoms with Gasteiger partial charge in [0.1, 0.15) is 0 Å². The van der Waals surface area contributed by atoms with Crippen molar-refractivity contribution in [1.82, 2.24) is 25.3 Å². The first-order valence-electron chi connectivity index (χ1n) is 8.39. The Morgan fingerprint density at radius 1 is 1.35 bits per heavy atom. The second-order valence-corrected chi connectivity index (χ2v) is 6.42. The lowest BCUT2D eigenvalue weighted by Gasteiger charge is -2.21. The van der Waals surface area contributed by atoms with Crippen LogP contribution in [-0.2, 0) is 11.8 Å². The van der Waals surface area contributed by atoms with Crippen molar-refractivity contribution in [3.8, 4) is 0 Å². The van der Waals surface area contributed by atoms with Gasteiger partial charge in [-0.1, -0.05) is 0 Å². The number of aliphatic imine (C=N–C) groups is 1. The van der Waals surface area contributed by atoms with Crippen LogP contribution in [0.25, 0.3) is 0 Å². The van der Waals surface area contributed by atoms with E-state index in [9.17, 15) is 4.79 Å². The van der Waals surface area contributed by atoms with Crippen LogP contribution in [-0.4, -0.2) is 59.8 Å². The average Bonchev–Trinajstić information content (AvgIpc) is 3.14. The second kappa shape index (κ2) is 7.02. The van der Waals surface area contributed by atoms with E-state index in [2.05, 4.69) is 31.8 Å². The number of hydrogen-bond donors (Lipinski definition) is 2. The Labute approximate surface area is 137 Å². The first kappa shape index (κ1) is 15.8. The van der Waals surface area contributed by atoms with E-state index in [1.54, 1.807) is 0 Å². The van der Waals surface area contributed by atoms with Gasteiger partial charge in [0, 0.05) is 58.3 Å². The Morgan fingerprint density at radius 2 is 2.13 bits per heavy atom. The topological polar surface area (TPSA) is 74.6 Å². The van der Waals surface area contributed by atoms with Crippen molar-refractivity contribution >= 4 is 11.9 Å². The highest BCUT2D eigenvalue weighted by molar-refractivity contribution is 5.81. The molecule has 0 aromatic carbocycles. The summed E-state index contributed by atoms with van der Waals surface area (Å²) in [6.07, 6.45) is 7.26. The minimum absolute atomic E-state index is 0.194. The van der Waals surface area contributed by atoms with Crippen molar-refractivity contribution in [3.05, 3.63) is 18.0 Å². The SMILES string of the molecule is CN=C(NCCNC(=O)C1CC1)N1CCC(c2cnn(C)c2)C1. The number of aromatic nitrogens is 2. The molecule has 7 heteroatoms. The fraction of sp³-hybridized carbons (Fsp3) is 0.688. The predicted molar refractivity (Wildman–Crippen MR) is 89.2 cm³/mol. The van der Waals surface area contributed by atoms with Gasteiger partial charge in [0.15, 0.2) is 5.96 Å². The van der Waals surface area contributed by atoms with E-state index >= 15 is 0 Å². The molecule has 3 rings (SSSR count). The smallest absolute Gasteiger partial charge is 0.223 e. The van der Waals surface area contributed by atoms with Gasteiger partial charge in [0.2, 0.25) is 5.91 Å². The number of guanidine groups is 1. The van der Waals surface area contributed by atoms with Crippen LogP contribution in [0.1, 0.15) is 30.7 Å².